The van der Waals surface area contributed by atoms with Gasteiger partial charge >= 0.3 is 0 Å². The minimum atomic E-state index is 0.0721. The first kappa shape index (κ1) is 13.8. The molecule has 0 saturated heterocycles. The normalized spacial score (nSPS) is 15.5. The number of aromatic nitrogens is 1. The molecule has 0 atom stereocenters. The van der Waals surface area contributed by atoms with E-state index in [9.17, 15) is 4.79 Å². The van der Waals surface area contributed by atoms with Crippen molar-refractivity contribution in [1.29, 1.82) is 0 Å². The van der Waals surface area contributed by atoms with Crippen LogP contribution in [0.4, 0.5) is 0 Å². The first-order valence-electron chi connectivity index (χ1n) is 7.42. The molecule has 0 aliphatic heterocycles. The van der Waals surface area contributed by atoms with Crippen LogP contribution in [0.3, 0.4) is 0 Å². The number of amides is 1. The summed E-state index contributed by atoms with van der Waals surface area (Å²) in [5.41, 5.74) is 3.44. The summed E-state index contributed by atoms with van der Waals surface area (Å²) >= 11 is 0. The molecule has 21 heavy (non-hydrogen) atoms. The maximum absolute atomic E-state index is 12.1. The second-order valence-electron chi connectivity index (χ2n) is 5.91. The molecule has 0 spiro atoms. The number of hydrogen-bond donors (Lipinski definition) is 1. The van der Waals surface area contributed by atoms with Crippen molar-refractivity contribution in [2.24, 2.45) is 0 Å². The van der Waals surface area contributed by atoms with E-state index in [0.29, 0.717) is 6.42 Å². The molecule has 108 valence electrons. The van der Waals surface area contributed by atoms with Crippen LogP contribution in [0, 0.1) is 6.92 Å². The second-order valence-corrected chi connectivity index (χ2v) is 5.91. The van der Waals surface area contributed by atoms with Gasteiger partial charge in [0, 0.05) is 23.9 Å². The maximum Gasteiger partial charge on any atom is 0.224 e. The van der Waals surface area contributed by atoms with Crippen LogP contribution in [-0.2, 0) is 16.6 Å². The third kappa shape index (κ3) is 3.30. The molecule has 1 fully saturated rings. The fourth-order valence-electron chi connectivity index (χ4n) is 2.63. The molecule has 1 saturated carbocycles. The highest BCUT2D eigenvalue weighted by Crippen LogP contribution is 2.47. The van der Waals surface area contributed by atoms with Crippen LogP contribution in [0.15, 0.2) is 48.7 Å². The molecule has 0 radical (unpaired) electrons. The minimum absolute atomic E-state index is 0.0721. The lowest BCUT2D eigenvalue weighted by atomic mass is 9.96. The topological polar surface area (TPSA) is 42.0 Å². The molecule has 1 aliphatic carbocycles. The summed E-state index contributed by atoms with van der Waals surface area (Å²) in [6, 6.07) is 14.4. The third-order valence-corrected chi connectivity index (χ3v) is 4.20. The Bertz CT molecular complexity index is 615. The Kier molecular flexibility index (Phi) is 3.74. The minimum Gasteiger partial charge on any atom is -0.355 e. The van der Waals surface area contributed by atoms with Gasteiger partial charge in [0.1, 0.15) is 0 Å². The standard InChI is InChI=1S/C18H20N2O/c1-14-7-8-15(12-19-14)11-17(21)20-13-18(9-10-18)16-5-3-2-4-6-16/h2-8,12H,9-11,13H2,1H3,(H,20,21). The molecule has 1 aliphatic rings. The average molecular weight is 280 g/mol. The number of nitrogens with one attached hydrogen (secondary N) is 1. The van der Waals surface area contributed by atoms with Gasteiger partial charge in [0.2, 0.25) is 5.91 Å². The molecule has 0 bridgehead atoms. The molecular weight excluding hydrogens is 260 g/mol. The number of nitrogens with zero attached hydrogens (tertiary/aromatic N) is 1. The first-order chi connectivity index (χ1) is 10.2. The fraction of sp³-hybridized carbons (Fsp3) is 0.333. The molecule has 1 N–H and O–H groups in total. The number of hydrogen-bond acceptors (Lipinski definition) is 2. The Morgan fingerprint density at radius 2 is 1.95 bits per heavy atom. The summed E-state index contributed by atoms with van der Waals surface area (Å²) in [6.45, 7) is 2.68. The number of rotatable bonds is 5. The molecule has 0 unspecified atom stereocenters. The van der Waals surface area contributed by atoms with Gasteiger partial charge in [-0.05, 0) is 37.0 Å². The molecule has 2 aromatic rings. The van der Waals surface area contributed by atoms with Crippen LogP contribution in [0.1, 0.15) is 29.7 Å². The van der Waals surface area contributed by atoms with Crippen LogP contribution in [0.2, 0.25) is 0 Å². The molecule has 1 aromatic heterocycles. The van der Waals surface area contributed by atoms with Gasteiger partial charge in [-0.3, -0.25) is 9.78 Å². The van der Waals surface area contributed by atoms with E-state index in [-0.39, 0.29) is 11.3 Å². The smallest absolute Gasteiger partial charge is 0.224 e. The highest BCUT2D eigenvalue weighted by molar-refractivity contribution is 5.78. The monoisotopic (exact) mass is 280 g/mol. The van der Waals surface area contributed by atoms with Gasteiger partial charge in [0.15, 0.2) is 0 Å². The van der Waals surface area contributed by atoms with Crippen molar-refractivity contribution in [1.82, 2.24) is 10.3 Å². The average Bonchev–Trinajstić information content (AvgIpc) is 3.30. The molecule has 1 amide bonds. The molecule has 3 heteroatoms. The molecule has 3 nitrogen and oxygen atoms in total. The zero-order valence-corrected chi connectivity index (χ0v) is 12.3. The molecular formula is C18H20N2O. The lowest BCUT2D eigenvalue weighted by Gasteiger charge is -2.16. The van der Waals surface area contributed by atoms with E-state index in [2.05, 4.69) is 34.6 Å². The van der Waals surface area contributed by atoms with E-state index in [1.54, 1.807) is 6.20 Å². The zero-order valence-electron chi connectivity index (χ0n) is 12.3. The van der Waals surface area contributed by atoms with Gasteiger partial charge in [-0.25, -0.2) is 0 Å². The molecule has 3 rings (SSSR count). The Morgan fingerprint density at radius 1 is 1.19 bits per heavy atom. The summed E-state index contributed by atoms with van der Waals surface area (Å²) in [5.74, 6) is 0.0721. The second kappa shape index (κ2) is 5.68. The summed E-state index contributed by atoms with van der Waals surface area (Å²) in [5, 5.41) is 3.08. The predicted molar refractivity (Wildman–Crippen MR) is 83.0 cm³/mol. The van der Waals surface area contributed by atoms with E-state index >= 15 is 0 Å². The van der Waals surface area contributed by atoms with Crippen molar-refractivity contribution < 1.29 is 4.79 Å². The van der Waals surface area contributed by atoms with Crippen LogP contribution >= 0.6 is 0 Å². The molecule has 1 aromatic carbocycles. The number of aryl methyl sites for hydroxylation is 1. The van der Waals surface area contributed by atoms with E-state index in [0.717, 1.165) is 30.6 Å². The maximum atomic E-state index is 12.1. The van der Waals surface area contributed by atoms with E-state index in [1.807, 2.05) is 25.1 Å². The number of benzene rings is 1. The highest BCUT2D eigenvalue weighted by Gasteiger charge is 2.44. The van der Waals surface area contributed by atoms with Crippen LogP contribution < -0.4 is 5.32 Å². The Labute approximate surface area is 125 Å². The summed E-state index contributed by atoms with van der Waals surface area (Å²) in [7, 11) is 0. The quantitative estimate of drug-likeness (QED) is 0.915. The van der Waals surface area contributed by atoms with Gasteiger partial charge < -0.3 is 5.32 Å². The third-order valence-electron chi connectivity index (χ3n) is 4.20. The lowest BCUT2D eigenvalue weighted by Crippen LogP contribution is -2.33. The lowest BCUT2D eigenvalue weighted by molar-refractivity contribution is -0.120. The van der Waals surface area contributed by atoms with Gasteiger partial charge in [-0.2, -0.15) is 0 Å². The van der Waals surface area contributed by atoms with Crippen molar-refractivity contribution in [2.75, 3.05) is 6.54 Å². The van der Waals surface area contributed by atoms with Crippen molar-refractivity contribution in [3.8, 4) is 0 Å². The zero-order chi connectivity index (χ0) is 14.7. The number of carbonyl (C=O) groups is 1. The van der Waals surface area contributed by atoms with Gasteiger partial charge in [-0.1, -0.05) is 36.4 Å². The van der Waals surface area contributed by atoms with Crippen molar-refractivity contribution in [3.05, 3.63) is 65.5 Å². The van der Waals surface area contributed by atoms with E-state index in [4.69, 9.17) is 0 Å². The van der Waals surface area contributed by atoms with Gasteiger partial charge in [-0.15, -0.1) is 0 Å². The Hall–Kier alpha value is -2.16. The van der Waals surface area contributed by atoms with Gasteiger partial charge in [0.05, 0.1) is 6.42 Å². The largest absolute Gasteiger partial charge is 0.355 e. The number of pyridine rings is 1. The first-order valence-corrected chi connectivity index (χ1v) is 7.42. The highest BCUT2D eigenvalue weighted by atomic mass is 16.1. The summed E-state index contributed by atoms with van der Waals surface area (Å²) in [4.78, 5) is 16.3. The summed E-state index contributed by atoms with van der Waals surface area (Å²) in [6.07, 6.45) is 4.49. The van der Waals surface area contributed by atoms with Crippen LogP contribution in [0.5, 0.6) is 0 Å². The van der Waals surface area contributed by atoms with Crippen LogP contribution in [0.25, 0.3) is 0 Å². The Balaban J connectivity index is 1.56. The van der Waals surface area contributed by atoms with Gasteiger partial charge in [0.25, 0.3) is 0 Å². The van der Waals surface area contributed by atoms with E-state index < -0.39 is 0 Å². The fourth-order valence-corrected chi connectivity index (χ4v) is 2.63. The molecule has 1 heterocycles. The van der Waals surface area contributed by atoms with Crippen molar-refractivity contribution in [3.63, 3.8) is 0 Å². The van der Waals surface area contributed by atoms with Crippen molar-refractivity contribution in [2.45, 2.75) is 31.6 Å². The van der Waals surface area contributed by atoms with Crippen molar-refractivity contribution >= 4 is 5.91 Å². The predicted octanol–water partition coefficient (Wildman–Crippen LogP) is 2.78. The SMILES string of the molecule is Cc1ccc(CC(=O)NCC2(c3ccccc3)CC2)cn1. The number of carbonyl (C=O) groups excluding carboxylic acids is 1. The van der Waals surface area contributed by atoms with E-state index in [1.165, 1.54) is 5.56 Å². The van der Waals surface area contributed by atoms with Crippen LogP contribution in [-0.4, -0.2) is 17.4 Å². The summed E-state index contributed by atoms with van der Waals surface area (Å²) < 4.78 is 0. The Morgan fingerprint density at radius 3 is 2.57 bits per heavy atom.